The van der Waals surface area contributed by atoms with Crippen LogP contribution in [0.4, 0.5) is 5.82 Å². The number of carbonyl (C=O) groups is 1. The Morgan fingerprint density at radius 1 is 1.28 bits per heavy atom. The van der Waals surface area contributed by atoms with E-state index < -0.39 is 5.97 Å². The van der Waals surface area contributed by atoms with E-state index in [1.54, 1.807) is 11.4 Å². The van der Waals surface area contributed by atoms with Crippen LogP contribution in [0.25, 0.3) is 5.65 Å². The van der Waals surface area contributed by atoms with Crippen LogP contribution in [-0.2, 0) is 11.2 Å². The Hall–Kier alpha value is -2.31. The number of halogens is 2. The van der Waals surface area contributed by atoms with Gasteiger partial charge in [-0.3, -0.25) is 0 Å². The summed E-state index contributed by atoms with van der Waals surface area (Å²) in [4.78, 5) is 16.8. The van der Waals surface area contributed by atoms with Gasteiger partial charge in [0.05, 0.1) is 12.8 Å². The van der Waals surface area contributed by atoms with E-state index in [9.17, 15) is 4.79 Å². The number of rotatable bonds is 7. The molecule has 2 heterocycles. The molecule has 1 N–H and O–H groups in total. The number of carbonyl (C=O) groups excluding carboxylic acids is 1. The number of nitrogens with one attached hydrogen (secondary N) is 1. The number of hydrogen-bond acceptors (Lipinski definition) is 5. The maximum absolute atomic E-state index is 12.3. The van der Waals surface area contributed by atoms with Crippen LogP contribution in [-0.4, -0.2) is 33.2 Å². The van der Waals surface area contributed by atoms with E-state index in [-0.39, 0.29) is 18.2 Å². The van der Waals surface area contributed by atoms with E-state index in [0.29, 0.717) is 34.0 Å². The van der Waals surface area contributed by atoms with Crippen LogP contribution in [0.2, 0.25) is 10.2 Å². The van der Waals surface area contributed by atoms with E-state index in [1.807, 2.05) is 24.3 Å². The van der Waals surface area contributed by atoms with Crippen LogP contribution in [0, 0.1) is 5.92 Å². The number of hydrogen-bond donors (Lipinski definition) is 1. The summed E-state index contributed by atoms with van der Waals surface area (Å²) in [6.07, 6.45) is 1.98. The second-order valence-electron chi connectivity index (χ2n) is 7.23. The van der Waals surface area contributed by atoms with Crippen molar-refractivity contribution in [1.29, 1.82) is 0 Å². The molecule has 29 heavy (non-hydrogen) atoms. The van der Waals surface area contributed by atoms with Gasteiger partial charge in [0.2, 0.25) is 0 Å². The fourth-order valence-corrected chi connectivity index (χ4v) is 3.34. The molecule has 3 aromatic rings. The summed E-state index contributed by atoms with van der Waals surface area (Å²) >= 11 is 12.7. The highest BCUT2D eigenvalue weighted by molar-refractivity contribution is 6.31. The highest BCUT2D eigenvalue weighted by atomic mass is 35.5. The van der Waals surface area contributed by atoms with Gasteiger partial charge in [0, 0.05) is 23.0 Å². The Labute approximate surface area is 180 Å². The minimum absolute atomic E-state index is 0.144. The lowest BCUT2D eigenvalue weighted by molar-refractivity contribution is 0.0528. The van der Waals surface area contributed by atoms with Gasteiger partial charge in [0.15, 0.2) is 5.65 Å². The van der Waals surface area contributed by atoms with Gasteiger partial charge in [0.1, 0.15) is 16.5 Å². The van der Waals surface area contributed by atoms with Gasteiger partial charge >= 0.3 is 5.97 Å². The molecule has 0 saturated heterocycles. The largest absolute Gasteiger partial charge is 0.462 e. The maximum Gasteiger partial charge on any atom is 0.343 e. The van der Waals surface area contributed by atoms with Crippen molar-refractivity contribution >= 4 is 40.6 Å². The number of benzene rings is 1. The predicted molar refractivity (Wildman–Crippen MR) is 116 cm³/mol. The number of ether oxygens (including phenoxy) is 1. The molecule has 0 radical (unpaired) electrons. The van der Waals surface area contributed by atoms with Crippen LogP contribution in [0.1, 0.15) is 49.2 Å². The first-order chi connectivity index (χ1) is 13.8. The molecule has 0 aliphatic heterocycles. The highest BCUT2D eigenvalue weighted by Crippen LogP contribution is 2.30. The Kier molecular flexibility index (Phi) is 6.65. The minimum atomic E-state index is -0.475. The number of esters is 1. The zero-order valence-corrected chi connectivity index (χ0v) is 18.4. The SMILES string of the molecule is CCOC(=O)c1cnn2c(NC(C)C(C)C)c(Cc3cccc(Cl)c3)c(Cl)nc12. The predicted octanol–water partition coefficient (Wildman–Crippen LogP) is 5.26. The number of aromatic nitrogens is 3. The van der Waals surface area contributed by atoms with Crippen LogP contribution in [0.3, 0.4) is 0 Å². The Morgan fingerprint density at radius 3 is 2.69 bits per heavy atom. The van der Waals surface area contributed by atoms with Crippen molar-refractivity contribution in [2.24, 2.45) is 5.92 Å². The minimum Gasteiger partial charge on any atom is -0.462 e. The Morgan fingerprint density at radius 2 is 2.03 bits per heavy atom. The fourth-order valence-electron chi connectivity index (χ4n) is 2.89. The summed E-state index contributed by atoms with van der Waals surface area (Å²) in [6.45, 7) is 8.36. The number of nitrogens with zero attached hydrogens (tertiary/aromatic N) is 3. The fraction of sp³-hybridized carbons (Fsp3) is 0.381. The second kappa shape index (κ2) is 9.01. The van der Waals surface area contributed by atoms with Crippen molar-refractivity contribution < 1.29 is 9.53 Å². The maximum atomic E-state index is 12.3. The van der Waals surface area contributed by atoms with E-state index in [0.717, 1.165) is 11.1 Å². The molecule has 2 aromatic heterocycles. The van der Waals surface area contributed by atoms with E-state index >= 15 is 0 Å². The average Bonchev–Trinajstić information content (AvgIpc) is 3.08. The van der Waals surface area contributed by atoms with E-state index in [1.165, 1.54) is 6.20 Å². The standard InChI is InChI=1S/C21H24Cl2N4O2/c1-5-29-21(28)17-11-24-27-19(25-13(4)12(2)3)16(18(23)26-20(17)27)10-14-7-6-8-15(22)9-14/h6-9,11-13,25H,5,10H2,1-4H3. The molecular weight excluding hydrogens is 411 g/mol. The van der Waals surface area contributed by atoms with Crippen molar-refractivity contribution in [3.05, 3.63) is 57.3 Å². The third kappa shape index (κ3) is 4.65. The highest BCUT2D eigenvalue weighted by Gasteiger charge is 2.23. The molecule has 0 amide bonds. The summed E-state index contributed by atoms with van der Waals surface area (Å²) in [5.41, 5.74) is 2.43. The van der Waals surface area contributed by atoms with Crippen molar-refractivity contribution in [2.75, 3.05) is 11.9 Å². The molecule has 1 unspecified atom stereocenters. The molecular formula is C21H24Cl2N4O2. The zero-order chi connectivity index (χ0) is 21.1. The molecule has 0 saturated carbocycles. The molecule has 0 fully saturated rings. The molecule has 154 valence electrons. The normalized spacial score (nSPS) is 12.4. The molecule has 1 atom stereocenters. The summed E-state index contributed by atoms with van der Waals surface area (Å²) < 4.78 is 6.74. The number of anilines is 1. The molecule has 0 bridgehead atoms. The summed E-state index contributed by atoms with van der Waals surface area (Å²) in [7, 11) is 0. The zero-order valence-electron chi connectivity index (χ0n) is 16.9. The monoisotopic (exact) mass is 434 g/mol. The summed E-state index contributed by atoms with van der Waals surface area (Å²) in [6, 6.07) is 7.74. The van der Waals surface area contributed by atoms with Crippen LogP contribution < -0.4 is 5.32 Å². The lowest BCUT2D eigenvalue weighted by Gasteiger charge is -2.22. The molecule has 0 aliphatic carbocycles. The van der Waals surface area contributed by atoms with Crippen LogP contribution in [0.5, 0.6) is 0 Å². The van der Waals surface area contributed by atoms with Crippen molar-refractivity contribution in [1.82, 2.24) is 14.6 Å². The van der Waals surface area contributed by atoms with Crippen molar-refractivity contribution in [2.45, 2.75) is 40.2 Å². The van der Waals surface area contributed by atoms with Gasteiger partial charge < -0.3 is 10.1 Å². The lowest BCUT2D eigenvalue weighted by atomic mass is 10.0. The molecule has 8 heteroatoms. The molecule has 6 nitrogen and oxygen atoms in total. The summed E-state index contributed by atoms with van der Waals surface area (Å²) in [5, 5.41) is 8.87. The molecule has 0 spiro atoms. The number of fused-ring (bicyclic) bond motifs is 1. The van der Waals surface area contributed by atoms with Crippen molar-refractivity contribution in [3.8, 4) is 0 Å². The first-order valence-corrected chi connectivity index (χ1v) is 10.3. The van der Waals surface area contributed by atoms with E-state index in [4.69, 9.17) is 27.9 Å². The van der Waals surface area contributed by atoms with Gasteiger partial charge in [-0.25, -0.2) is 9.78 Å². The second-order valence-corrected chi connectivity index (χ2v) is 8.02. The smallest absolute Gasteiger partial charge is 0.343 e. The topological polar surface area (TPSA) is 68.5 Å². The third-order valence-corrected chi connectivity index (χ3v) is 5.37. The molecule has 1 aromatic carbocycles. The summed E-state index contributed by atoms with van der Waals surface area (Å²) in [5.74, 6) is 0.601. The van der Waals surface area contributed by atoms with Crippen LogP contribution in [0.15, 0.2) is 30.5 Å². The quantitative estimate of drug-likeness (QED) is 0.405. The van der Waals surface area contributed by atoms with Crippen molar-refractivity contribution in [3.63, 3.8) is 0 Å². The lowest BCUT2D eigenvalue weighted by Crippen LogP contribution is -2.24. The van der Waals surface area contributed by atoms with Gasteiger partial charge in [-0.2, -0.15) is 9.61 Å². The van der Waals surface area contributed by atoms with Gasteiger partial charge in [-0.05, 0) is 37.5 Å². The van der Waals surface area contributed by atoms with E-state index in [2.05, 4.69) is 36.2 Å². The van der Waals surface area contributed by atoms with Gasteiger partial charge in [-0.1, -0.05) is 49.2 Å². The average molecular weight is 435 g/mol. The van der Waals surface area contributed by atoms with Gasteiger partial charge in [0.25, 0.3) is 0 Å². The Bertz CT molecular complexity index is 1030. The first kappa shape index (κ1) is 21.4. The molecule has 3 rings (SSSR count). The third-order valence-electron chi connectivity index (χ3n) is 4.82. The molecule has 0 aliphatic rings. The first-order valence-electron chi connectivity index (χ1n) is 9.56. The Balaban J connectivity index is 2.15. The van der Waals surface area contributed by atoms with Gasteiger partial charge in [-0.15, -0.1) is 0 Å². The van der Waals surface area contributed by atoms with Crippen LogP contribution >= 0.6 is 23.2 Å².